The second kappa shape index (κ2) is 4.56. The summed E-state index contributed by atoms with van der Waals surface area (Å²) in [5.41, 5.74) is 1.13. The zero-order valence-electron chi connectivity index (χ0n) is 8.00. The van der Waals surface area contributed by atoms with Crippen LogP contribution in [0.3, 0.4) is 0 Å². The van der Waals surface area contributed by atoms with E-state index in [4.69, 9.17) is 0 Å². The molecule has 0 radical (unpaired) electrons. The van der Waals surface area contributed by atoms with Gasteiger partial charge in [-0.15, -0.1) is 0 Å². The largest absolute Gasteiger partial charge is 0.358 e. The highest BCUT2D eigenvalue weighted by atomic mass is 15.2. The first-order valence-electron chi connectivity index (χ1n) is 4.76. The Kier molecular flexibility index (Phi) is 2.91. The average Bonchev–Trinajstić information content (AvgIpc) is 2.29. The molecule has 3 nitrogen and oxygen atoms in total. The molecule has 1 aromatic rings. The van der Waals surface area contributed by atoms with Crippen molar-refractivity contribution in [2.75, 3.05) is 13.2 Å². The molecule has 0 amide bonds. The average molecular weight is 187 g/mol. The van der Waals surface area contributed by atoms with Crippen LogP contribution in [-0.4, -0.2) is 29.3 Å². The third-order valence-electron chi connectivity index (χ3n) is 2.13. The molecule has 0 bridgehead atoms. The minimum Gasteiger partial charge on any atom is -0.358 e. The Morgan fingerprint density at radius 1 is 1.36 bits per heavy atom. The number of allylic oxidation sites excluding steroid dienone is 1. The van der Waals surface area contributed by atoms with Gasteiger partial charge < -0.3 is 4.90 Å². The van der Waals surface area contributed by atoms with Crippen molar-refractivity contribution in [1.82, 2.24) is 9.88 Å². The van der Waals surface area contributed by atoms with Crippen LogP contribution in [0.5, 0.6) is 0 Å². The van der Waals surface area contributed by atoms with E-state index in [9.17, 15) is 0 Å². The van der Waals surface area contributed by atoms with E-state index in [0.29, 0.717) is 0 Å². The van der Waals surface area contributed by atoms with Crippen LogP contribution in [-0.2, 0) is 6.42 Å². The number of hydrogen-bond donors (Lipinski definition) is 0. The summed E-state index contributed by atoms with van der Waals surface area (Å²) in [5.74, 6) is 0. The van der Waals surface area contributed by atoms with Gasteiger partial charge in [-0.3, -0.25) is 9.98 Å². The first-order chi connectivity index (χ1) is 6.95. The second-order valence-electron chi connectivity index (χ2n) is 3.20. The van der Waals surface area contributed by atoms with E-state index in [-0.39, 0.29) is 0 Å². The SMILES string of the molecule is C1=CN(CCc2ccccn2)CN=C1. The lowest BCUT2D eigenvalue weighted by Crippen LogP contribution is -2.22. The molecule has 0 fully saturated rings. The molecule has 0 aromatic carbocycles. The van der Waals surface area contributed by atoms with E-state index in [1.165, 1.54) is 0 Å². The monoisotopic (exact) mass is 187 g/mol. The minimum atomic E-state index is 0.767. The Morgan fingerprint density at radius 3 is 3.07 bits per heavy atom. The summed E-state index contributed by atoms with van der Waals surface area (Å²) < 4.78 is 0. The Bertz CT molecular complexity index is 330. The number of hydrogen-bond acceptors (Lipinski definition) is 3. The van der Waals surface area contributed by atoms with Crippen LogP contribution in [0.4, 0.5) is 0 Å². The van der Waals surface area contributed by atoms with Gasteiger partial charge in [-0.2, -0.15) is 0 Å². The standard InChI is InChI=1S/C11H13N3/c1-2-7-13-11(4-1)5-9-14-8-3-6-12-10-14/h1-4,6-8H,5,9-10H2. The Hall–Kier alpha value is -1.64. The molecular weight excluding hydrogens is 174 g/mol. The van der Waals surface area contributed by atoms with Gasteiger partial charge in [-0.05, 0) is 18.2 Å². The number of nitrogens with zero attached hydrogens (tertiary/aromatic N) is 3. The first kappa shape index (κ1) is 8.94. The second-order valence-corrected chi connectivity index (χ2v) is 3.20. The van der Waals surface area contributed by atoms with Gasteiger partial charge in [0, 0.05) is 37.3 Å². The Balaban J connectivity index is 1.83. The normalized spacial score (nSPS) is 14.7. The molecule has 72 valence electrons. The minimum absolute atomic E-state index is 0.767. The molecule has 1 aliphatic rings. The maximum atomic E-state index is 4.27. The molecule has 3 heteroatoms. The quantitative estimate of drug-likeness (QED) is 0.717. The van der Waals surface area contributed by atoms with Crippen molar-refractivity contribution in [1.29, 1.82) is 0 Å². The predicted molar refractivity (Wildman–Crippen MR) is 57.1 cm³/mol. The highest BCUT2D eigenvalue weighted by molar-refractivity contribution is 5.71. The molecular formula is C11H13N3. The van der Waals surface area contributed by atoms with E-state index in [1.54, 1.807) is 0 Å². The molecule has 14 heavy (non-hydrogen) atoms. The van der Waals surface area contributed by atoms with E-state index >= 15 is 0 Å². The fourth-order valence-electron chi connectivity index (χ4n) is 1.37. The first-order valence-corrected chi connectivity index (χ1v) is 4.76. The molecule has 0 saturated carbocycles. The number of pyridine rings is 1. The molecule has 0 N–H and O–H groups in total. The molecule has 0 saturated heterocycles. The van der Waals surface area contributed by atoms with Gasteiger partial charge in [0.2, 0.25) is 0 Å². The molecule has 1 aromatic heterocycles. The fourth-order valence-corrected chi connectivity index (χ4v) is 1.37. The maximum absolute atomic E-state index is 4.27. The lowest BCUT2D eigenvalue weighted by Gasteiger charge is -2.19. The summed E-state index contributed by atoms with van der Waals surface area (Å²) >= 11 is 0. The summed E-state index contributed by atoms with van der Waals surface area (Å²) in [6.45, 7) is 1.74. The van der Waals surface area contributed by atoms with Crippen LogP contribution in [0.1, 0.15) is 5.69 Å². The molecule has 0 atom stereocenters. The van der Waals surface area contributed by atoms with Gasteiger partial charge in [0.1, 0.15) is 6.67 Å². The van der Waals surface area contributed by atoms with Crippen LogP contribution in [0, 0.1) is 0 Å². The van der Waals surface area contributed by atoms with Crippen molar-refractivity contribution < 1.29 is 0 Å². The molecule has 0 unspecified atom stereocenters. The molecule has 2 heterocycles. The summed E-state index contributed by atoms with van der Waals surface area (Å²) in [5, 5.41) is 0. The van der Waals surface area contributed by atoms with Gasteiger partial charge in [0.15, 0.2) is 0 Å². The molecule has 0 spiro atoms. The van der Waals surface area contributed by atoms with Crippen molar-refractivity contribution in [2.45, 2.75) is 6.42 Å². The van der Waals surface area contributed by atoms with Crippen molar-refractivity contribution >= 4 is 6.21 Å². The van der Waals surface area contributed by atoms with Crippen LogP contribution in [0.15, 0.2) is 41.7 Å². The van der Waals surface area contributed by atoms with Crippen LogP contribution < -0.4 is 0 Å². The van der Waals surface area contributed by atoms with Crippen molar-refractivity contribution in [3.05, 3.63) is 42.4 Å². The predicted octanol–water partition coefficient (Wildman–Crippen LogP) is 1.48. The van der Waals surface area contributed by atoms with Crippen molar-refractivity contribution in [3.63, 3.8) is 0 Å². The summed E-state index contributed by atoms with van der Waals surface area (Å²) in [6.07, 6.45) is 8.66. The van der Waals surface area contributed by atoms with Gasteiger partial charge in [0.25, 0.3) is 0 Å². The zero-order chi connectivity index (χ0) is 9.64. The lowest BCUT2D eigenvalue weighted by atomic mass is 10.2. The van der Waals surface area contributed by atoms with E-state index in [2.05, 4.69) is 27.1 Å². The third-order valence-corrected chi connectivity index (χ3v) is 2.13. The molecule has 0 aliphatic carbocycles. The van der Waals surface area contributed by atoms with Gasteiger partial charge in [-0.25, -0.2) is 0 Å². The Labute approximate surface area is 83.8 Å². The fraction of sp³-hybridized carbons (Fsp3) is 0.273. The van der Waals surface area contributed by atoms with Gasteiger partial charge in [-0.1, -0.05) is 6.07 Å². The van der Waals surface area contributed by atoms with E-state index in [0.717, 1.165) is 25.3 Å². The van der Waals surface area contributed by atoms with Crippen LogP contribution >= 0.6 is 0 Å². The third kappa shape index (κ3) is 2.42. The highest BCUT2D eigenvalue weighted by Gasteiger charge is 2.00. The smallest absolute Gasteiger partial charge is 0.109 e. The van der Waals surface area contributed by atoms with Crippen LogP contribution in [0.25, 0.3) is 0 Å². The lowest BCUT2D eigenvalue weighted by molar-refractivity contribution is 0.389. The van der Waals surface area contributed by atoms with Gasteiger partial charge >= 0.3 is 0 Å². The van der Waals surface area contributed by atoms with E-state index < -0.39 is 0 Å². The number of aromatic nitrogens is 1. The summed E-state index contributed by atoms with van der Waals surface area (Å²) in [7, 11) is 0. The Morgan fingerprint density at radius 2 is 2.36 bits per heavy atom. The zero-order valence-corrected chi connectivity index (χ0v) is 8.00. The van der Waals surface area contributed by atoms with Crippen molar-refractivity contribution in [3.8, 4) is 0 Å². The highest BCUT2D eigenvalue weighted by Crippen LogP contribution is 2.00. The van der Waals surface area contributed by atoms with E-state index in [1.807, 2.05) is 30.6 Å². The number of aliphatic imine (C=N–C) groups is 1. The van der Waals surface area contributed by atoms with Crippen LogP contribution in [0.2, 0.25) is 0 Å². The van der Waals surface area contributed by atoms with Crippen molar-refractivity contribution in [2.24, 2.45) is 4.99 Å². The maximum Gasteiger partial charge on any atom is 0.109 e. The summed E-state index contributed by atoms with van der Waals surface area (Å²) in [6, 6.07) is 6.01. The molecule has 2 rings (SSSR count). The molecule has 1 aliphatic heterocycles. The van der Waals surface area contributed by atoms with Gasteiger partial charge in [0.05, 0.1) is 0 Å². The topological polar surface area (TPSA) is 28.5 Å². The number of rotatable bonds is 3. The summed E-state index contributed by atoms with van der Waals surface area (Å²) in [4.78, 5) is 10.6.